The van der Waals surface area contributed by atoms with Crippen molar-refractivity contribution in [2.45, 2.75) is 19.9 Å². The normalized spacial score (nSPS) is 16.8. The lowest BCUT2D eigenvalue weighted by atomic mass is 10.1. The molecule has 9 heteroatoms. The van der Waals surface area contributed by atoms with Gasteiger partial charge in [0.25, 0.3) is 11.8 Å². The van der Waals surface area contributed by atoms with Crippen molar-refractivity contribution in [3.63, 3.8) is 0 Å². The van der Waals surface area contributed by atoms with Crippen molar-refractivity contribution in [3.8, 4) is 5.75 Å². The van der Waals surface area contributed by atoms with Crippen molar-refractivity contribution in [1.82, 2.24) is 15.2 Å². The number of aromatic nitrogens is 1. The van der Waals surface area contributed by atoms with Gasteiger partial charge in [-0.25, -0.2) is 4.98 Å². The van der Waals surface area contributed by atoms with Crippen LogP contribution in [-0.4, -0.2) is 67.7 Å². The van der Waals surface area contributed by atoms with Gasteiger partial charge in [0, 0.05) is 25.0 Å². The standard InChI is InChI=1S/C21H26N4O4S/c1-15-3-4-17-18(11-15)29-13-20(26)25(17)12-19-23-16(14-30-19)21(27)22-5-2-6-24-7-9-28-10-8-24/h3-4,11,14H,2,5-10,12-13H2,1H3,(H,22,27). The summed E-state index contributed by atoms with van der Waals surface area (Å²) in [6.07, 6.45) is 0.890. The van der Waals surface area contributed by atoms with E-state index in [9.17, 15) is 9.59 Å². The zero-order valence-corrected chi connectivity index (χ0v) is 17.9. The summed E-state index contributed by atoms with van der Waals surface area (Å²) in [6.45, 7) is 7.34. The fourth-order valence-electron chi connectivity index (χ4n) is 3.53. The molecule has 2 aliphatic heterocycles. The average Bonchev–Trinajstić information content (AvgIpc) is 3.23. The van der Waals surface area contributed by atoms with E-state index in [-0.39, 0.29) is 18.4 Å². The Morgan fingerprint density at radius 2 is 2.13 bits per heavy atom. The molecule has 2 amide bonds. The summed E-state index contributed by atoms with van der Waals surface area (Å²) in [7, 11) is 0. The van der Waals surface area contributed by atoms with Crippen LogP contribution in [0.4, 0.5) is 5.69 Å². The molecule has 0 saturated carbocycles. The number of carbonyl (C=O) groups excluding carboxylic acids is 2. The van der Waals surface area contributed by atoms with Gasteiger partial charge in [-0.05, 0) is 37.6 Å². The van der Waals surface area contributed by atoms with Crippen LogP contribution >= 0.6 is 11.3 Å². The molecule has 0 atom stereocenters. The second kappa shape index (κ2) is 9.55. The lowest BCUT2D eigenvalue weighted by molar-refractivity contribution is -0.121. The van der Waals surface area contributed by atoms with Crippen LogP contribution in [0.25, 0.3) is 0 Å². The van der Waals surface area contributed by atoms with E-state index in [4.69, 9.17) is 9.47 Å². The number of thiazole rings is 1. The Labute approximate surface area is 179 Å². The molecule has 0 radical (unpaired) electrons. The average molecular weight is 431 g/mol. The molecule has 1 aromatic heterocycles. The van der Waals surface area contributed by atoms with E-state index in [2.05, 4.69) is 15.2 Å². The number of nitrogens with one attached hydrogen (secondary N) is 1. The van der Waals surface area contributed by atoms with Gasteiger partial charge >= 0.3 is 0 Å². The summed E-state index contributed by atoms with van der Waals surface area (Å²) in [6, 6.07) is 5.76. The van der Waals surface area contributed by atoms with Crippen LogP contribution in [0.5, 0.6) is 5.75 Å². The fraction of sp³-hybridized carbons (Fsp3) is 0.476. The molecule has 1 saturated heterocycles. The van der Waals surface area contributed by atoms with Gasteiger partial charge < -0.3 is 14.8 Å². The number of aryl methyl sites for hydroxylation is 1. The second-order valence-electron chi connectivity index (χ2n) is 7.43. The van der Waals surface area contributed by atoms with E-state index in [1.54, 1.807) is 10.3 Å². The Hall–Kier alpha value is -2.49. The first kappa shape index (κ1) is 20.8. The van der Waals surface area contributed by atoms with Crippen LogP contribution in [0, 0.1) is 6.92 Å². The number of rotatable bonds is 7. The molecule has 160 valence electrons. The number of hydrogen-bond donors (Lipinski definition) is 1. The van der Waals surface area contributed by atoms with Gasteiger partial charge in [0.05, 0.1) is 25.4 Å². The van der Waals surface area contributed by atoms with Crippen LogP contribution in [0.3, 0.4) is 0 Å². The molecule has 4 rings (SSSR count). The molecule has 0 unspecified atom stereocenters. The predicted molar refractivity (Wildman–Crippen MR) is 114 cm³/mol. The molecular formula is C21H26N4O4S. The third-order valence-electron chi connectivity index (χ3n) is 5.18. The smallest absolute Gasteiger partial charge is 0.270 e. The Morgan fingerprint density at radius 1 is 1.30 bits per heavy atom. The molecule has 2 aliphatic rings. The van der Waals surface area contributed by atoms with E-state index in [1.807, 2.05) is 25.1 Å². The Balaban J connectivity index is 1.30. The number of amides is 2. The summed E-state index contributed by atoms with van der Waals surface area (Å²) in [5, 5.41) is 5.39. The molecule has 3 heterocycles. The van der Waals surface area contributed by atoms with Crippen molar-refractivity contribution >= 4 is 28.8 Å². The van der Waals surface area contributed by atoms with Crippen LogP contribution < -0.4 is 15.0 Å². The molecular weight excluding hydrogens is 404 g/mol. The Bertz CT molecular complexity index is 910. The number of ether oxygens (including phenoxy) is 2. The third kappa shape index (κ3) is 4.97. The Kier molecular flexibility index (Phi) is 6.61. The second-order valence-corrected chi connectivity index (χ2v) is 8.37. The SMILES string of the molecule is Cc1ccc2c(c1)OCC(=O)N2Cc1nc(C(=O)NCCCN2CCOCC2)cs1. The number of nitrogens with zero attached hydrogens (tertiary/aromatic N) is 3. The zero-order chi connectivity index (χ0) is 20.9. The van der Waals surface area contributed by atoms with E-state index in [0.717, 1.165) is 55.5 Å². The fourth-order valence-corrected chi connectivity index (χ4v) is 4.29. The number of hydrogen-bond acceptors (Lipinski definition) is 7. The van der Waals surface area contributed by atoms with Crippen molar-refractivity contribution in [3.05, 3.63) is 39.8 Å². The van der Waals surface area contributed by atoms with Crippen molar-refractivity contribution in [2.24, 2.45) is 0 Å². The molecule has 0 spiro atoms. The first-order valence-corrected chi connectivity index (χ1v) is 11.0. The van der Waals surface area contributed by atoms with Gasteiger partial charge in [-0.2, -0.15) is 0 Å². The quantitative estimate of drug-likeness (QED) is 0.675. The maximum absolute atomic E-state index is 12.4. The molecule has 2 aromatic rings. The highest BCUT2D eigenvalue weighted by molar-refractivity contribution is 7.09. The number of anilines is 1. The summed E-state index contributed by atoms with van der Waals surface area (Å²) in [4.78, 5) is 33.2. The lowest BCUT2D eigenvalue weighted by Crippen LogP contribution is -2.38. The molecule has 1 N–H and O–H groups in total. The molecule has 0 aliphatic carbocycles. The van der Waals surface area contributed by atoms with E-state index < -0.39 is 0 Å². The summed E-state index contributed by atoms with van der Waals surface area (Å²) in [5.41, 5.74) is 2.21. The largest absolute Gasteiger partial charge is 0.482 e. The minimum Gasteiger partial charge on any atom is -0.482 e. The van der Waals surface area contributed by atoms with E-state index in [0.29, 0.717) is 24.5 Å². The van der Waals surface area contributed by atoms with Crippen molar-refractivity contribution < 1.29 is 19.1 Å². The topological polar surface area (TPSA) is 84.0 Å². The third-order valence-corrected chi connectivity index (χ3v) is 6.01. The van der Waals surface area contributed by atoms with E-state index >= 15 is 0 Å². The number of carbonyl (C=O) groups is 2. The Morgan fingerprint density at radius 3 is 2.97 bits per heavy atom. The molecule has 1 aromatic carbocycles. The van der Waals surface area contributed by atoms with Gasteiger partial charge in [0.1, 0.15) is 16.5 Å². The zero-order valence-electron chi connectivity index (χ0n) is 17.1. The summed E-state index contributed by atoms with van der Waals surface area (Å²) in [5.74, 6) is 0.406. The molecule has 8 nitrogen and oxygen atoms in total. The maximum Gasteiger partial charge on any atom is 0.270 e. The first-order valence-electron chi connectivity index (χ1n) is 10.2. The van der Waals surface area contributed by atoms with Gasteiger partial charge in [-0.15, -0.1) is 11.3 Å². The first-order chi connectivity index (χ1) is 14.6. The van der Waals surface area contributed by atoms with Crippen LogP contribution in [0.15, 0.2) is 23.6 Å². The lowest BCUT2D eigenvalue weighted by Gasteiger charge is -2.28. The monoisotopic (exact) mass is 430 g/mol. The molecule has 0 bridgehead atoms. The van der Waals surface area contributed by atoms with Gasteiger partial charge in [-0.3, -0.25) is 19.4 Å². The summed E-state index contributed by atoms with van der Waals surface area (Å²) >= 11 is 1.38. The van der Waals surface area contributed by atoms with Gasteiger partial charge in [0.15, 0.2) is 6.61 Å². The summed E-state index contributed by atoms with van der Waals surface area (Å²) < 4.78 is 10.9. The molecule has 1 fully saturated rings. The minimum atomic E-state index is -0.177. The van der Waals surface area contributed by atoms with Crippen molar-refractivity contribution in [2.75, 3.05) is 50.9 Å². The van der Waals surface area contributed by atoms with Crippen LogP contribution in [-0.2, 0) is 16.1 Å². The van der Waals surface area contributed by atoms with Gasteiger partial charge in [0.2, 0.25) is 0 Å². The highest BCUT2D eigenvalue weighted by Gasteiger charge is 2.26. The minimum absolute atomic E-state index is 0.0122. The van der Waals surface area contributed by atoms with Crippen LogP contribution in [0.2, 0.25) is 0 Å². The van der Waals surface area contributed by atoms with Crippen molar-refractivity contribution in [1.29, 1.82) is 0 Å². The molecule has 30 heavy (non-hydrogen) atoms. The van der Waals surface area contributed by atoms with E-state index in [1.165, 1.54) is 11.3 Å². The number of morpholine rings is 1. The maximum atomic E-state index is 12.4. The van der Waals surface area contributed by atoms with Gasteiger partial charge in [-0.1, -0.05) is 6.07 Å². The highest BCUT2D eigenvalue weighted by Crippen LogP contribution is 2.34. The highest BCUT2D eigenvalue weighted by atomic mass is 32.1. The van der Waals surface area contributed by atoms with Crippen LogP contribution in [0.1, 0.15) is 27.5 Å². The number of fused-ring (bicyclic) bond motifs is 1. The predicted octanol–water partition coefficient (Wildman–Crippen LogP) is 1.83. The number of benzene rings is 1.